The molecule has 0 aliphatic heterocycles. The number of azo groups is 4. The number of methoxy groups -OCH3 is 1. The van der Waals surface area contributed by atoms with Gasteiger partial charge in [0.15, 0.2) is 11.4 Å². The quantitative estimate of drug-likeness (QED) is 0.0108. The SMILES string of the molecule is COc1ccc(N=Nc2cc(OCCO)c(/N=N/c3c(C(=O)O)nn(-c4ccc5c(O)c(/N=N/c6cc(OCCO)c(/N=N/c7ccc([N+](=O)[O-])cc7S(=O)(=O)O)cc6OCCO)c(S(=O)(=O)O)cc5c4)c3O)cc2OCCO)c(S(=O)(=O)O)c1. The molecule has 0 atom stereocenters. The van der Waals surface area contributed by atoms with Gasteiger partial charge in [-0.1, -0.05) is 0 Å². The molecule has 0 unspecified atom stereocenters. The van der Waals surface area contributed by atoms with E-state index in [1.807, 2.05) is 0 Å². The Hall–Kier alpha value is -9.77. The van der Waals surface area contributed by atoms with E-state index in [1.54, 1.807) is 0 Å². The van der Waals surface area contributed by atoms with E-state index in [1.165, 1.54) is 19.2 Å². The van der Waals surface area contributed by atoms with Gasteiger partial charge in [-0.15, -0.1) is 40.9 Å². The molecule has 0 radical (unpaired) electrons. The number of fused-ring (bicyclic) bond motifs is 1. The van der Waals surface area contributed by atoms with Gasteiger partial charge in [-0.2, -0.15) is 35.0 Å². The lowest BCUT2D eigenvalue weighted by molar-refractivity contribution is -0.385. The number of nitro groups is 1. The smallest absolute Gasteiger partial charge is 0.358 e. The summed E-state index contributed by atoms with van der Waals surface area (Å²) < 4.78 is 133. The summed E-state index contributed by atoms with van der Waals surface area (Å²) in [6.45, 7) is -3.92. The standard InChI is InChI=1S/C47H43N11O24S3/c1-78-27-4-7-30(40(19-27)84(72,73)74)49-51-32-21-38(82-15-11-62)34(23-36(32)80-13-9-60)53-55-43-44(47(65)66)56-57(46(43)64)25-2-5-28-24(16-25)17-41(85(75,76)77)42(45(28)63)54-52-33-22-35(79-12-8-59)31(20-37(33)81-14-10-61)50-48-29-6-3-26(58(67)68)18-39(29)83(69,70)71/h2-7,16-23,59-64H,8-15H2,1H3,(H,65,66)(H,69,70,71)(H,72,73,74)(H,75,76,77)/b50-48+,51-49?,54-52+,55-53+. The van der Waals surface area contributed by atoms with E-state index in [-0.39, 0.29) is 86.9 Å². The number of phenolic OH excluding ortho intramolecular Hbond substituents is 1. The minimum absolute atomic E-state index is 0.0486. The fourth-order valence-electron chi connectivity index (χ4n) is 7.30. The predicted molar refractivity (Wildman–Crippen MR) is 287 cm³/mol. The summed E-state index contributed by atoms with van der Waals surface area (Å²) in [4.78, 5) is 20.2. The van der Waals surface area contributed by atoms with Crippen molar-refractivity contribution in [1.29, 1.82) is 0 Å². The number of nitro benzene ring substituents is 1. The van der Waals surface area contributed by atoms with E-state index in [0.29, 0.717) is 10.7 Å². The molecule has 0 bridgehead atoms. The van der Waals surface area contributed by atoms with Crippen LogP contribution in [0.15, 0.2) is 141 Å². The summed E-state index contributed by atoms with van der Waals surface area (Å²) in [5.74, 6) is -4.75. The third-order valence-corrected chi connectivity index (χ3v) is 13.6. The van der Waals surface area contributed by atoms with Gasteiger partial charge in [0.1, 0.15) is 110 Å². The maximum Gasteiger partial charge on any atom is 0.358 e. The number of hydrogen-bond acceptors (Lipinski definition) is 29. The van der Waals surface area contributed by atoms with Crippen LogP contribution in [0.1, 0.15) is 10.5 Å². The minimum Gasteiger partial charge on any atom is -0.505 e. The Balaban J connectivity index is 1.28. The van der Waals surface area contributed by atoms with Crippen LogP contribution in [0.3, 0.4) is 0 Å². The molecule has 0 spiro atoms. The molecule has 35 nitrogen and oxygen atoms in total. The molecule has 85 heavy (non-hydrogen) atoms. The zero-order chi connectivity index (χ0) is 62.0. The van der Waals surface area contributed by atoms with E-state index in [4.69, 9.17) is 23.7 Å². The summed E-state index contributed by atoms with van der Waals surface area (Å²) >= 11 is 0. The first kappa shape index (κ1) is 62.8. The van der Waals surface area contributed by atoms with E-state index >= 15 is 0 Å². The highest BCUT2D eigenvalue weighted by molar-refractivity contribution is 7.86. The van der Waals surface area contributed by atoms with Crippen molar-refractivity contribution >= 4 is 98.3 Å². The number of rotatable bonds is 27. The number of aliphatic hydroxyl groups excluding tert-OH is 4. The van der Waals surface area contributed by atoms with Crippen LogP contribution in [0.2, 0.25) is 0 Å². The number of aromatic nitrogens is 2. The Morgan fingerprint density at radius 1 is 0.553 bits per heavy atom. The van der Waals surface area contributed by atoms with Crippen LogP contribution in [0.25, 0.3) is 16.5 Å². The normalized spacial score (nSPS) is 12.3. The van der Waals surface area contributed by atoms with Crippen LogP contribution in [-0.2, 0) is 30.4 Å². The number of aromatic carboxylic acids is 1. The number of aromatic hydroxyl groups is 2. The molecule has 6 aromatic carbocycles. The number of non-ortho nitro benzene ring substituents is 1. The van der Waals surface area contributed by atoms with Crippen LogP contribution in [0.4, 0.5) is 51.2 Å². The molecule has 10 N–H and O–H groups in total. The van der Waals surface area contributed by atoms with Crippen molar-refractivity contribution in [2.24, 2.45) is 40.9 Å². The predicted octanol–water partition coefficient (Wildman–Crippen LogP) is 6.94. The van der Waals surface area contributed by atoms with Gasteiger partial charge in [0.25, 0.3) is 36.0 Å². The Morgan fingerprint density at radius 2 is 0.976 bits per heavy atom. The van der Waals surface area contributed by atoms with Crippen molar-refractivity contribution in [2.45, 2.75) is 14.7 Å². The highest BCUT2D eigenvalue weighted by Crippen LogP contribution is 2.47. The number of aliphatic hydroxyl groups is 4. The van der Waals surface area contributed by atoms with Gasteiger partial charge >= 0.3 is 5.97 Å². The van der Waals surface area contributed by atoms with Gasteiger partial charge in [0.05, 0.1) is 44.1 Å². The molecular formula is C47H43N11O24S3. The molecule has 1 aromatic heterocycles. The fourth-order valence-corrected chi connectivity index (χ4v) is 9.23. The second-order valence-corrected chi connectivity index (χ2v) is 20.7. The molecule has 7 rings (SSSR count). The van der Waals surface area contributed by atoms with Gasteiger partial charge in [-0.05, 0) is 47.9 Å². The van der Waals surface area contributed by atoms with E-state index in [0.717, 1.165) is 66.7 Å². The van der Waals surface area contributed by atoms with E-state index in [9.17, 15) is 89.6 Å². The highest BCUT2D eigenvalue weighted by Gasteiger charge is 2.28. The van der Waals surface area contributed by atoms with E-state index < -0.39 is 136 Å². The number of carboxylic acid groups (broad SMARTS) is 1. The van der Waals surface area contributed by atoms with Crippen molar-refractivity contribution in [3.05, 3.63) is 101 Å². The topological polar surface area (TPSA) is 528 Å². The fraction of sp³-hybridized carbons (Fsp3) is 0.191. The number of benzene rings is 6. The third kappa shape index (κ3) is 14.9. The first-order valence-corrected chi connectivity index (χ1v) is 27.9. The summed E-state index contributed by atoms with van der Waals surface area (Å²) in [6, 6.07) is 14.2. The van der Waals surface area contributed by atoms with Crippen LogP contribution < -0.4 is 23.7 Å². The zero-order valence-electron chi connectivity index (χ0n) is 43.1. The van der Waals surface area contributed by atoms with Gasteiger partial charge in [-0.25, -0.2) is 4.79 Å². The molecule has 448 valence electrons. The first-order chi connectivity index (χ1) is 40.3. The maximum atomic E-state index is 13.0. The van der Waals surface area contributed by atoms with E-state index in [2.05, 4.69) is 46.0 Å². The maximum absolute atomic E-state index is 13.0. The largest absolute Gasteiger partial charge is 0.505 e. The monoisotopic (exact) mass is 1240 g/mol. The molecule has 1 heterocycles. The minimum atomic E-state index is -5.36. The molecule has 38 heteroatoms. The number of carbonyl (C=O) groups is 1. The van der Waals surface area contributed by atoms with Crippen molar-refractivity contribution in [3.63, 3.8) is 0 Å². The average Bonchev–Trinajstić information content (AvgIpc) is 2.04. The van der Waals surface area contributed by atoms with Gasteiger partial charge < -0.3 is 59.4 Å². The highest BCUT2D eigenvalue weighted by atomic mass is 32.2. The van der Waals surface area contributed by atoms with Crippen LogP contribution >= 0.6 is 0 Å². The Bertz CT molecular complexity index is 4220. The van der Waals surface area contributed by atoms with Gasteiger partial charge in [0.2, 0.25) is 11.6 Å². The van der Waals surface area contributed by atoms with Gasteiger partial charge in [-0.3, -0.25) is 23.8 Å². The van der Waals surface area contributed by atoms with Gasteiger partial charge in [0, 0.05) is 47.9 Å². The number of nitrogens with zero attached hydrogens (tertiary/aromatic N) is 11. The Morgan fingerprint density at radius 3 is 1.40 bits per heavy atom. The number of phenols is 1. The molecule has 0 saturated carbocycles. The molecule has 0 saturated heterocycles. The second kappa shape index (κ2) is 26.6. The third-order valence-electron chi connectivity index (χ3n) is 11.0. The van der Waals surface area contributed by atoms with Crippen molar-refractivity contribution in [3.8, 4) is 46.1 Å². The first-order valence-electron chi connectivity index (χ1n) is 23.5. The number of ether oxygens (including phenoxy) is 5. The van der Waals surface area contributed by atoms with Crippen molar-refractivity contribution in [2.75, 3.05) is 60.0 Å². The summed E-state index contributed by atoms with van der Waals surface area (Å²) in [5.41, 5.74) is -5.67. The lowest BCUT2D eigenvalue weighted by Gasteiger charge is -2.13. The number of hydrogen-bond donors (Lipinski definition) is 10. The van der Waals surface area contributed by atoms with Crippen molar-refractivity contribution < 1.29 is 108 Å². The molecular weight excluding hydrogens is 1200 g/mol. The van der Waals surface area contributed by atoms with Crippen LogP contribution in [0.5, 0.6) is 40.4 Å². The van der Waals surface area contributed by atoms with Crippen LogP contribution in [-0.4, -0.2) is 155 Å². The zero-order valence-corrected chi connectivity index (χ0v) is 45.5. The lowest BCUT2D eigenvalue weighted by atomic mass is 10.1. The molecule has 7 aromatic rings. The summed E-state index contributed by atoms with van der Waals surface area (Å²) in [5, 5.41) is 118. The lowest BCUT2D eigenvalue weighted by Crippen LogP contribution is -2.04. The summed E-state index contributed by atoms with van der Waals surface area (Å²) in [7, 11) is -14.1. The molecule has 0 fully saturated rings. The number of carboxylic acids is 1. The average molecular weight is 1240 g/mol. The van der Waals surface area contributed by atoms with Crippen LogP contribution in [0, 0.1) is 10.1 Å². The molecule has 0 aliphatic rings. The van der Waals surface area contributed by atoms with Crippen molar-refractivity contribution in [1.82, 2.24) is 9.78 Å². The Kier molecular flexibility index (Phi) is 19.7. The second-order valence-electron chi connectivity index (χ2n) is 16.5. The molecule has 0 amide bonds. The summed E-state index contributed by atoms with van der Waals surface area (Å²) in [6.07, 6.45) is 0. The molecule has 0 aliphatic carbocycles. The Labute approximate surface area is 476 Å².